The Morgan fingerprint density at radius 3 is 2.27 bits per heavy atom. The average molecular weight is 321 g/mol. The van der Waals surface area contributed by atoms with Crippen molar-refractivity contribution in [1.29, 1.82) is 0 Å². The van der Waals surface area contributed by atoms with Crippen LogP contribution in [0.3, 0.4) is 0 Å². The second kappa shape index (κ2) is 5.76. The van der Waals surface area contributed by atoms with Crippen molar-refractivity contribution in [3.05, 3.63) is 63.2 Å². The van der Waals surface area contributed by atoms with Crippen molar-refractivity contribution in [3.63, 3.8) is 0 Å². The fourth-order valence-corrected chi connectivity index (χ4v) is 3.27. The molecule has 0 aromatic heterocycles. The molecule has 6 nitrogen and oxygen atoms in total. The first kappa shape index (κ1) is 16.0. The number of nitro benzene ring substituents is 1. The zero-order valence-electron chi connectivity index (χ0n) is 12.4. The molecule has 0 saturated carbocycles. The molecule has 0 aliphatic rings. The van der Waals surface area contributed by atoms with E-state index >= 15 is 0 Å². The number of non-ortho nitro benzene ring substituents is 1. The van der Waals surface area contributed by atoms with Crippen LogP contribution in [-0.2, 0) is 10.1 Å². The molecule has 0 N–H and O–H groups in total. The van der Waals surface area contributed by atoms with Gasteiger partial charge in [0.2, 0.25) is 0 Å². The first-order chi connectivity index (χ1) is 10.2. The maximum atomic E-state index is 12.4. The average Bonchev–Trinajstić information content (AvgIpc) is 2.42. The zero-order valence-corrected chi connectivity index (χ0v) is 13.2. The summed E-state index contributed by atoms with van der Waals surface area (Å²) in [6, 6.07) is 8.74. The van der Waals surface area contributed by atoms with E-state index < -0.39 is 15.0 Å². The lowest BCUT2D eigenvalue weighted by Gasteiger charge is -2.11. The van der Waals surface area contributed by atoms with E-state index in [2.05, 4.69) is 0 Å². The molecule has 0 spiro atoms. The van der Waals surface area contributed by atoms with Gasteiger partial charge in [0, 0.05) is 12.1 Å². The van der Waals surface area contributed by atoms with Crippen molar-refractivity contribution in [1.82, 2.24) is 0 Å². The molecule has 22 heavy (non-hydrogen) atoms. The van der Waals surface area contributed by atoms with Crippen molar-refractivity contribution >= 4 is 15.8 Å². The number of rotatable bonds is 4. The minimum Gasteiger partial charge on any atom is -0.379 e. The first-order valence-electron chi connectivity index (χ1n) is 6.47. The van der Waals surface area contributed by atoms with Crippen molar-refractivity contribution < 1.29 is 17.5 Å². The van der Waals surface area contributed by atoms with Crippen LogP contribution in [0, 0.1) is 30.9 Å². The van der Waals surface area contributed by atoms with Gasteiger partial charge in [-0.15, -0.1) is 0 Å². The molecule has 0 fully saturated rings. The van der Waals surface area contributed by atoms with Crippen LogP contribution in [0.15, 0.2) is 41.3 Å². The van der Waals surface area contributed by atoms with Crippen molar-refractivity contribution in [2.24, 2.45) is 0 Å². The standard InChI is InChI=1S/C15H15NO5S/c1-10-4-7-14(12(3)8-10)21-22(19,20)15-9-13(16(17)18)6-5-11(15)2/h4-9H,1-3H3. The summed E-state index contributed by atoms with van der Waals surface area (Å²) in [7, 11) is -4.14. The highest BCUT2D eigenvalue weighted by Gasteiger charge is 2.23. The van der Waals surface area contributed by atoms with Crippen molar-refractivity contribution in [2.75, 3.05) is 0 Å². The predicted molar refractivity (Wildman–Crippen MR) is 81.6 cm³/mol. The minimum absolute atomic E-state index is 0.205. The Bertz CT molecular complexity index is 843. The molecule has 0 saturated heterocycles. The van der Waals surface area contributed by atoms with Crippen LogP contribution in [-0.4, -0.2) is 13.3 Å². The van der Waals surface area contributed by atoms with Gasteiger partial charge in [0.15, 0.2) is 0 Å². The van der Waals surface area contributed by atoms with Crippen LogP contribution in [0.2, 0.25) is 0 Å². The van der Waals surface area contributed by atoms with Crippen LogP contribution >= 0.6 is 0 Å². The molecule has 2 aromatic carbocycles. The fraction of sp³-hybridized carbons (Fsp3) is 0.200. The van der Waals surface area contributed by atoms with Gasteiger partial charge in [-0.3, -0.25) is 10.1 Å². The summed E-state index contributed by atoms with van der Waals surface area (Å²) in [5.41, 5.74) is 1.74. The van der Waals surface area contributed by atoms with E-state index in [-0.39, 0.29) is 16.3 Å². The maximum Gasteiger partial charge on any atom is 0.339 e. The van der Waals surface area contributed by atoms with E-state index in [1.807, 2.05) is 6.92 Å². The zero-order chi connectivity index (χ0) is 16.5. The van der Waals surface area contributed by atoms with Crippen LogP contribution in [0.4, 0.5) is 5.69 Å². The minimum atomic E-state index is -4.14. The smallest absolute Gasteiger partial charge is 0.339 e. The summed E-state index contributed by atoms with van der Waals surface area (Å²) < 4.78 is 29.9. The third kappa shape index (κ3) is 3.25. The molecule has 0 radical (unpaired) electrons. The summed E-state index contributed by atoms with van der Waals surface area (Å²) in [5.74, 6) is 0.205. The largest absolute Gasteiger partial charge is 0.379 e. The monoisotopic (exact) mass is 321 g/mol. The number of nitrogens with zero attached hydrogens (tertiary/aromatic N) is 1. The molecule has 0 heterocycles. The Morgan fingerprint density at radius 2 is 1.68 bits per heavy atom. The quantitative estimate of drug-likeness (QED) is 0.490. The second-order valence-electron chi connectivity index (χ2n) is 5.01. The fourth-order valence-electron chi connectivity index (χ4n) is 2.03. The second-order valence-corrected chi connectivity index (χ2v) is 6.53. The van der Waals surface area contributed by atoms with E-state index in [0.717, 1.165) is 11.6 Å². The topological polar surface area (TPSA) is 86.5 Å². The lowest BCUT2D eigenvalue weighted by atomic mass is 10.1. The van der Waals surface area contributed by atoms with Gasteiger partial charge in [-0.1, -0.05) is 23.8 Å². The van der Waals surface area contributed by atoms with Gasteiger partial charge in [-0.05, 0) is 38.0 Å². The van der Waals surface area contributed by atoms with Crippen molar-refractivity contribution in [3.8, 4) is 5.75 Å². The van der Waals surface area contributed by atoms with Gasteiger partial charge in [0.25, 0.3) is 5.69 Å². The molecule has 0 aliphatic heterocycles. The highest BCUT2D eigenvalue weighted by molar-refractivity contribution is 7.87. The van der Waals surface area contributed by atoms with E-state index in [4.69, 9.17) is 4.18 Å². The van der Waals surface area contributed by atoms with Gasteiger partial charge in [0.05, 0.1) is 4.92 Å². The molecule has 0 bridgehead atoms. The Hall–Kier alpha value is -2.41. The molecule has 0 unspecified atom stereocenters. The summed E-state index contributed by atoms with van der Waals surface area (Å²) >= 11 is 0. The Balaban J connectivity index is 2.46. The molecule has 0 atom stereocenters. The highest BCUT2D eigenvalue weighted by atomic mass is 32.2. The van der Waals surface area contributed by atoms with Gasteiger partial charge in [-0.2, -0.15) is 8.42 Å². The number of hydrogen-bond acceptors (Lipinski definition) is 5. The van der Waals surface area contributed by atoms with Crippen LogP contribution in [0.25, 0.3) is 0 Å². The first-order valence-corrected chi connectivity index (χ1v) is 7.88. The molecule has 0 amide bonds. The molecule has 7 heteroatoms. The van der Waals surface area contributed by atoms with Crippen LogP contribution in [0.1, 0.15) is 16.7 Å². The molecular weight excluding hydrogens is 306 g/mol. The Morgan fingerprint density at radius 1 is 1.00 bits per heavy atom. The van der Waals surface area contributed by atoms with E-state index in [0.29, 0.717) is 11.1 Å². The molecule has 116 valence electrons. The molecule has 2 rings (SSSR count). The Kier molecular flexibility index (Phi) is 4.18. The van der Waals surface area contributed by atoms with Gasteiger partial charge < -0.3 is 4.18 Å². The maximum absolute atomic E-state index is 12.4. The predicted octanol–water partition coefficient (Wildman–Crippen LogP) is 3.29. The SMILES string of the molecule is Cc1ccc(OS(=O)(=O)c2cc([N+](=O)[O-])ccc2C)c(C)c1. The van der Waals surface area contributed by atoms with Gasteiger partial charge >= 0.3 is 10.1 Å². The lowest BCUT2D eigenvalue weighted by molar-refractivity contribution is -0.385. The summed E-state index contributed by atoms with van der Waals surface area (Å²) in [6.45, 7) is 5.18. The van der Waals surface area contributed by atoms with E-state index in [9.17, 15) is 18.5 Å². The van der Waals surface area contributed by atoms with E-state index in [1.54, 1.807) is 32.0 Å². The van der Waals surface area contributed by atoms with Crippen molar-refractivity contribution in [2.45, 2.75) is 25.7 Å². The number of aryl methyl sites for hydroxylation is 3. The number of benzene rings is 2. The summed E-state index contributed by atoms with van der Waals surface area (Å²) in [5, 5.41) is 10.8. The normalized spacial score (nSPS) is 11.2. The van der Waals surface area contributed by atoms with E-state index in [1.165, 1.54) is 12.1 Å². The third-order valence-electron chi connectivity index (χ3n) is 3.18. The number of hydrogen-bond donors (Lipinski definition) is 0. The van der Waals surface area contributed by atoms with Crippen LogP contribution < -0.4 is 4.18 Å². The van der Waals surface area contributed by atoms with Gasteiger partial charge in [0.1, 0.15) is 10.6 Å². The lowest BCUT2D eigenvalue weighted by Crippen LogP contribution is -2.12. The number of nitro groups is 1. The molecule has 2 aromatic rings. The van der Waals surface area contributed by atoms with Gasteiger partial charge in [-0.25, -0.2) is 0 Å². The summed E-state index contributed by atoms with van der Waals surface area (Å²) in [4.78, 5) is 9.96. The van der Waals surface area contributed by atoms with Crippen LogP contribution in [0.5, 0.6) is 5.75 Å². The third-order valence-corrected chi connectivity index (χ3v) is 4.56. The molecule has 0 aliphatic carbocycles. The molecular formula is C15H15NO5S. The highest BCUT2D eigenvalue weighted by Crippen LogP contribution is 2.27. The summed E-state index contributed by atoms with van der Waals surface area (Å²) in [6.07, 6.45) is 0. The Labute approximate surface area is 128 Å².